The molecule has 0 bridgehead atoms. The van der Waals surface area contributed by atoms with E-state index in [0.29, 0.717) is 6.61 Å². The Balaban J connectivity index is 1.68. The van der Waals surface area contributed by atoms with E-state index in [1.165, 1.54) is 0 Å². The molecule has 4 nitrogen and oxygen atoms in total. The molecule has 20 heavy (non-hydrogen) atoms. The maximum atomic E-state index is 6.00. The van der Waals surface area contributed by atoms with E-state index >= 15 is 0 Å². The molecule has 2 aliphatic rings. The van der Waals surface area contributed by atoms with Crippen LogP contribution in [0.4, 0.5) is 0 Å². The molecule has 4 heteroatoms. The topological polar surface area (TPSA) is 36.9 Å². The molecule has 3 rings (SSSR count). The molecule has 0 spiro atoms. The highest BCUT2D eigenvalue weighted by atomic mass is 16.8. The minimum absolute atomic E-state index is 0.195. The monoisotopic (exact) mass is 276 g/mol. The summed E-state index contributed by atoms with van der Waals surface area (Å²) in [6, 6.07) is 10.0. The summed E-state index contributed by atoms with van der Waals surface area (Å²) in [5.74, 6) is -0.629. The van der Waals surface area contributed by atoms with Gasteiger partial charge in [0.05, 0.1) is 6.61 Å². The van der Waals surface area contributed by atoms with E-state index in [2.05, 4.69) is 6.58 Å². The Labute approximate surface area is 119 Å². The van der Waals surface area contributed by atoms with Gasteiger partial charge in [-0.1, -0.05) is 36.4 Å². The van der Waals surface area contributed by atoms with Crippen molar-refractivity contribution in [2.75, 3.05) is 0 Å². The molecule has 0 saturated carbocycles. The second-order valence-corrected chi connectivity index (χ2v) is 5.57. The van der Waals surface area contributed by atoms with Crippen LogP contribution in [0.3, 0.4) is 0 Å². The molecule has 2 fully saturated rings. The highest BCUT2D eigenvalue weighted by Crippen LogP contribution is 2.39. The van der Waals surface area contributed by atoms with Gasteiger partial charge in [0, 0.05) is 0 Å². The van der Waals surface area contributed by atoms with Crippen LogP contribution < -0.4 is 0 Å². The number of fused-ring (bicyclic) bond motifs is 1. The van der Waals surface area contributed by atoms with Crippen molar-refractivity contribution in [1.82, 2.24) is 0 Å². The average molecular weight is 276 g/mol. The SMILES string of the molecule is C=C[C@H]1O[C@H]2OC(C)(C)O[C@@H]2[C@H]1OCc1ccccc1. The first kappa shape index (κ1) is 13.8. The second kappa shape index (κ2) is 5.30. The van der Waals surface area contributed by atoms with Gasteiger partial charge in [-0.2, -0.15) is 0 Å². The Morgan fingerprint density at radius 3 is 2.70 bits per heavy atom. The fraction of sp³-hybridized carbons (Fsp3) is 0.500. The number of rotatable bonds is 4. The Kier molecular flexibility index (Phi) is 3.65. The third-order valence-corrected chi connectivity index (χ3v) is 3.54. The number of benzene rings is 1. The summed E-state index contributed by atoms with van der Waals surface area (Å²) in [4.78, 5) is 0. The maximum absolute atomic E-state index is 6.00. The molecule has 2 saturated heterocycles. The molecule has 108 valence electrons. The largest absolute Gasteiger partial charge is 0.368 e. The average Bonchev–Trinajstić information content (AvgIpc) is 2.89. The molecule has 0 radical (unpaired) electrons. The molecule has 2 aliphatic heterocycles. The summed E-state index contributed by atoms with van der Waals surface area (Å²) >= 11 is 0. The lowest BCUT2D eigenvalue weighted by molar-refractivity contribution is -0.213. The summed E-state index contributed by atoms with van der Waals surface area (Å²) in [7, 11) is 0. The van der Waals surface area contributed by atoms with E-state index in [4.69, 9.17) is 18.9 Å². The fourth-order valence-corrected chi connectivity index (χ4v) is 2.65. The van der Waals surface area contributed by atoms with Crippen molar-refractivity contribution < 1.29 is 18.9 Å². The van der Waals surface area contributed by atoms with E-state index in [1.807, 2.05) is 44.2 Å². The smallest absolute Gasteiger partial charge is 0.190 e. The van der Waals surface area contributed by atoms with Crippen molar-refractivity contribution in [1.29, 1.82) is 0 Å². The van der Waals surface area contributed by atoms with Crippen molar-refractivity contribution >= 4 is 0 Å². The first-order chi connectivity index (χ1) is 9.59. The van der Waals surface area contributed by atoms with Gasteiger partial charge in [-0.05, 0) is 19.4 Å². The fourth-order valence-electron chi connectivity index (χ4n) is 2.65. The quantitative estimate of drug-likeness (QED) is 0.792. The zero-order valence-electron chi connectivity index (χ0n) is 11.8. The molecule has 1 aromatic rings. The highest BCUT2D eigenvalue weighted by Gasteiger charge is 2.54. The predicted molar refractivity (Wildman–Crippen MR) is 73.9 cm³/mol. The lowest BCUT2D eigenvalue weighted by atomic mass is 10.1. The molecule has 2 heterocycles. The van der Waals surface area contributed by atoms with Crippen LogP contribution in [-0.4, -0.2) is 30.4 Å². The zero-order chi connectivity index (χ0) is 14.2. The minimum Gasteiger partial charge on any atom is -0.368 e. The zero-order valence-corrected chi connectivity index (χ0v) is 11.8. The molecule has 1 aromatic carbocycles. The van der Waals surface area contributed by atoms with E-state index in [0.717, 1.165) is 5.56 Å². The van der Waals surface area contributed by atoms with Crippen molar-refractivity contribution in [2.45, 2.75) is 50.8 Å². The summed E-state index contributed by atoms with van der Waals surface area (Å²) in [5.41, 5.74) is 1.12. The normalized spacial score (nSPS) is 34.9. The van der Waals surface area contributed by atoms with Crippen LogP contribution in [0.2, 0.25) is 0 Å². The third-order valence-electron chi connectivity index (χ3n) is 3.54. The number of hydrogen-bond donors (Lipinski definition) is 0. The number of hydrogen-bond acceptors (Lipinski definition) is 4. The van der Waals surface area contributed by atoms with E-state index < -0.39 is 5.79 Å². The van der Waals surface area contributed by atoms with Gasteiger partial charge in [-0.3, -0.25) is 0 Å². The summed E-state index contributed by atoms with van der Waals surface area (Å²) < 4.78 is 23.4. The summed E-state index contributed by atoms with van der Waals surface area (Å²) in [6.45, 7) is 8.08. The van der Waals surface area contributed by atoms with Crippen LogP contribution in [0.1, 0.15) is 19.4 Å². The van der Waals surface area contributed by atoms with Crippen molar-refractivity contribution in [3.05, 3.63) is 48.6 Å². The van der Waals surface area contributed by atoms with Crippen LogP contribution in [0.15, 0.2) is 43.0 Å². The van der Waals surface area contributed by atoms with Gasteiger partial charge in [-0.25, -0.2) is 0 Å². The van der Waals surface area contributed by atoms with Crippen LogP contribution in [0, 0.1) is 0 Å². The molecule has 0 unspecified atom stereocenters. The van der Waals surface area contributed by atoms with E-state index in [-0.39, 0.29) is 24.6 Å². The summed E-state index contributed by atoms with van der Waals surface area (Å²) in [6.07, 6.45) is 0.753. The lowest BCUT2D eigenvalue weighted by Gasteiger charge is -2.24. The van der Waals surface area contributed by atoms with Crippen LogP contribution in [0.25, 0.3) is 0 Å². The molecule has 4 atom stereocenters. The van der Waals surface area contributed by atoms with Gasteiger partial charge in [0.15, 0.2) is 12.1 Å². The van der Waals surface area contributed by atoms with Crippen molar-refractivity contribution in [2.24, 2.45) is 0 Å². The molecule has 0 N–H and O–H groups in total. The van der Waals surface area contributed by atoms with Gasteiger partial charge < -0.3 is 18.9 Å². The van der Waals surface area contributed by atoms with E-state index in [9.17, 15) is 0 Å². The Bertz CT molecular complexity index is 471. The van der Waals surface area contributed by atoms with Crippen LogP contribution >= 0.6 is 0 Å². The molecule has 0 aromatic heterocycles. The molecule has 0 aliphatic carbocycles. The van der Waals surface area contributed by atoms with Crippen LogP contribution in [0.5, 0.6) is 0 Å². The Morgan fingerprint density at radius 2 is 2.00 bits per heavy atom. The second-order valence-electron chi connectivity index (χ2n) is 5.57. The van der Waals surface area contributed by atoms with Crippen molar-refractivity contribution in [3.63, 3.8) is 0 Å². The van der Waals surface area contributed by atoms with Crippen LogP contribution in [-0.2, 0) is 25.6 Å². The Hall–Kier alpha value is -1.20. The van der Waals surface area contributed by atoms with Crippen molar-refractivity contribution in [3.8, 4) is 0 Å². The molecular weight excluding hydrogens is 256 g/mol. The molecule has 0 amide bonds. The Morgan fingerprint density at radius 1 is 1.25 bits per heavy atom. The first-order valence-corrected chi connectivity index (χ1v) is 6.88. The lowest BCUT2D eigenvalue weighted by Crippen LogP contribution is -2.35. The van der Waals surface area contributed by atoms with Gasteiger partial charge in [-0.15, -0.1) is 6.58 Å². The minimum atomic E-state index is -0.629. The van der Waals surface area contributed by atoms with Gasteiger partial charge in [0.25, 0.3) is 0 Å². The third kappa shape index (κ3) is 2.65. The van der Waals surface area contributed by atoms with Gasteiger partial charge in [0.2, 0.25) is 0 Å². The van der Waals surface area contributed by atoms with Gasteiger partial charge >= 0.3 is 0 Å². The maximum Gasteiger partial charge on any atom is 0.190 e. The molecular formula is C16H20O4. The number of ether oxygens (including phenoxy) is 4. The van der Waals surface area contributed by atoms with E-state index in [1.54, 1.807) is 6.08 Å². The summed E-state index contributed by atoms with van der Waals surface area (Å²) in [5, 5.41) is 0. The predicted octanol–water partition coefficient (Wildman–Crippen LogP) is 2.63. The van der Waals surface area contributed by atoms with Gasteiger partial charge in [0.1, 0.15) is 18.3 Å². The standard InChI is InChI=1S/C16H20O4/c1-4-12-13(17-10-11-8-6-5-7-9-11)14-15(18-12)20-16(2,3)19-14/h4-9,12-15H,1,10H2,2-3H3/t12-,13+,14-,15+/m1/s1. The first-order valence-electron chi connectivity index (χ1n) is 6.88. The highest BCUT2D eigenvalue weighted by molar-refractivity contribution is 5.13.